The fourth-order valence-corrected chi connectivity index (χ4v) is 1.61. The van der Waals surface area contributed by atoms with Crippen LogP contribution in [0.4, 0.5) is 5.69 Å². The van der Waals surface area contributed by atoms with E-state index in [1.807, 2.05) is 0 Å². The summed E-state index contributed by atoms with van der Waals surface area (Å²) < 4.78 is 0. The van der Waals surface area contributed by atoms with Crippen molar-refractivity contribution >= 4 is 5.69 Å². The van der Waals surface area contributed by atoms with Crippen LogP contribution in [0.5, 0.6) is 0 Å². The summed E-state index contributed by atoms with van der Waals surface area (Å²) in [4.78, 5) is 2.27. The van der Waals surface area contributed by atoms with Gasteiger partial charge in [-0.3, -0.25) is 0 Å². The third-order valence-corrected chi connectivity index (χ3v) is 2.55. The summed E-state index contributed by atoms with van der Waals surface area (Å²) in [6.07, 6.45) is 1.17. The second-order valence-electron chi connectivity index (χ2n) is 3.74. The van der Waals surface area contributed by atoms with Crippen LogP contribution in [0.3, 0.4) is 0 Å². The lowest BCUT2D eigenvalue weighted by molar-refractivity contribution is 0.851. The van der Waals surface area contributed by atoms with E-state index in [0.29, 0.717) is 6.54 Å². The van der Waals surface area contributed by atoms with Crippen LogP contribution in [0.1, 0.15) is 24.5 Å². The Hall–Kier alpha value is -1.02. The molecule has 1 rings (SSSR count). The van der Waals surface area contributed by atoms with Crippen molar-refractivity contribution in [1.82, 2.24) is 0 Å². The van der Waals surface area contributed by atoms with Gasteiger partial charge in [-0.25, -0.2) is 0 Å². The number of aryl methyl sites for hydroxylation is 1. The largest absolute Gasteiger partial charge is 0.375 e. The van der Waals surface area contributed by atoms with Crippen molar-refractivity contribution in [2.45, 2.75) is 26.8 Å². The van der Waals surface area contributed by atoms with E-state index in [0.717, 1.165) is 6.54 Å². The number of benzene rings is 1. The number of hydrogen-bond donors (Lipinski definition) is 1. The molecule has 0 amide bonds. The van der Waals surface area contributed by atoms with Gasteiger partial charge >= 0.3 is 0 Å². The molecular weight excluding hydrogens is 172 g/mol. The molecule has 0 aromatic heterocycles. The minimum Gasteiger partial charge on any atom is -0.375 e. The molecule has 0 aliphatic carbocycles. The van der Waals surface area contributed by atoms with E-state index in [1.54, 1.807) is 0 Å². The van der Waals surface area contributed by atoms with Crippen molar-refractivity contribution in [3.63, 3.8) is 0 Å². The van der Waals surface area contributed by atoms with E-state index < -0.39 is 0 Å². The summed E-state index contributed by atoms with van der Waals surface area (Å²) in [5, 5.41) is 0. The fourth-order valence-electron chi connectivity index (χ4n) is 1.61. The molecule has 78 valence electrons. The highest BCUT2D eigenvalue weighted by molar-refractivity contribution is 5.50. The van der Waals surface area contributed by atoms with Crippen molar-refractivity contribution < 1.29 is 0 Å². The Labute approximate surface area is 86.7 Å². The monoisotopic (exact) mass is 192 g/mol. The van der Waals surface area contributed by atoms with E-state index in [2.05, 4.69) is 44.0 Å². The molecule has 0 atom stereocenters. The Bertz CT molecular complexity index is 294. The standard InChI is InChI=1S/C12H20N2/c1-4-7-14(3)12-6-5-11(9-13)10(2)8-12/h5-6,8H,4,7,9,13H2,1-3H3. The SMILES string of the molecule is CCCN(C)c1ccc(CN)c(C)c1. The van der Waals surface area contributed by atoms with E-state index >= 15 is 0 Å². The summed E-state index contributed by atoms with van der Waals surface area (Å²) in [5.41, 5.74) is 9.42. The van der Waals surface area contributed by atoms with Gasteiger partial charge in [-0.1, -0.05) is 13.0 Å². The molecule has 0 aliphatic rings. The average Bonchev–Trinajstić information content (AvgIpc) is 2.18. The summed E-state index contributed by atoms with van der Waals surface area (Å²) in [6.45, 7) is 6.04. The molecule has 0 spiro atoms. The van der Waals surface area contributed by atoms with Gasteiger partial charge in [-0.05, 0) is 36.6 Å². The Morgan fingerprint density at radius 2 is 2.07 bits per heavy atom. The lowest BCUT2D eigenvalue weighted by Crippen LogP contribution is -2.17. The van der Waals surface area contributed by atoms with Crippen LogP contribution in [0.2, 0.25) is 0 Å². The molecule has 0 heterocycles. The molecular formula is C12H20N2. The molecule has 2 heteroatoms. The van der Waals surface area contributed by atoms with E-state index in [9.17, 15) is 0 Å². The van der Waals surface area contributed by atoms with Gasteiger partial charge in [-0.15, -0.1) is 0 Å². The molecule has 0 bridgehead atoms. The van der Waals surface area contributed by atoms with Gasteiger partial charge in [0.05, 0.1) is 0 Å². The highest BCUT2D eigenvalue weighted by Gasteiger charge is 2.01. The van der Waals surface area contributed by atoms with Crippen molar-refractivity contribution in [2.24, 2.45) is 5.73 Å². The van der Waals surface area contributed by atoms with Crippen molar-refractivity contribution in [1.29, 1.82) is 0 Å². The Morgan fingerprint density at radius 3 is 2.57 bits per heavy atom. The zero-order valence-corrected chi connectivity index (χ0v) is 9.38. The number of rotatable bonds is 4. The van der Waals surface area contributed by atoms with E-state index in [1.165, 1.54) is 23.2 Å². The second kappa shape index (κ2) is 5.01. The molecule has 0 unspecified atom stereocenters. The first-order valence-electron chi connectivity index (χ1n) is 5.19. The number of anilines is 1. The molecule has 0 radical (unpaired) electrons. The molecule has 14 heavy (non-hydrogen) atoms. The average molecular weight is 192 g/mol. The van der Waals surface area contributed by atoms with Crippen LogP contribution in [-0.2, 0) is 6.54 Å². The molecule has 0 saturated heterocycles. The van der Waals surface area contributed by atoms with Crippen molar-refractivity contribution in [3.8, 4) is 0 Å². The number of hydrogen-bond acceptors (Lipinski definition) is 2. The Morgan fingerprint density at radius 1 is 1.36 bits per heavy atom. The molecule has 0 fully saturated rings. The first-order chi connectivity index (χ1) is 6.69. The molecule has 2 N–H and O–H groups in total. The van der Waals surface area contributed by atoms with Crippen LogP contribution in [0, 0.1) is 6.92 Å². The minimum absolute atomic E-state index is 0.629. The van der Waals surface area contributed by atoms with Gasteiger partial charge in [0.25, 0.3) is 0 Å². The van der Waals surface area contributed by atoms with Gasteiger partial charge in [0.2, 0.25) is 0 Å². The highest BCUT2D eigenvalue weighted by atomic mass is 15.1. The molecule has 1 aromatic rings. The van der Waals surface area contributed by atoms with Crippen LogP contribution in [0.25, 0.3) is 0 Å². The van der Waals surface area contributed by atoms with E-state index in [-0.39, 0.29) is 0 Å². The molecule has 0 saturated carbocycles. The van der Waals surface area contributed by atoms with Gasteiger partial charge in [-0.2, -0.15) is 0 Å². The smallest absolute Gasteiger partial charge is 0.0366 e. The predicted molar refractivity (Wildman–Crippen MR) is 62.6 cm³/mol. The topological polar surface area (TPSA) is 29.3 Å². The molecule has 2 nitrogen and oxygen atoms in total. The summed E-state index contributed by atoms with van der Waals surface area (Å²) >= 11 is 0. The Kier molecular flexibility index (Phi) is 3.96. The lowest BCUT2D eigenvalue weighted by Gasteiger charge is -2.19. The van der Waals surface area contributed by atoms with E-state index in [4.69, 9.17) is 5.73 Å². The van der Waals surface area contributed by atoms with Gasteiger partial charge < -0.3 is 10.6 Å². The van der Waals surface area contributed by atoms with Gasteiger partial charge in [0.15, 0.2) is 0 Å². The minimum atomic E-state index is 0.629. The first kappa shape index (κ1) is 11.1. The second-order valence-corrected chi connectivity index (χ2v) is 3.74. The van der Waals surface area contributed by atoms with Crippen molar-refractivity contribution in [2.75, 3.05) is 18.5 Å². The van der Waals surface area contributed by atoms with Gasteiger partial charge in [0, 0.05) is 25.8 Å². The zero-order valence-electron chi connectivity index (χ0n) is 9.38. The summed E-state index contributed by atoms with van der Waals surface area (Å²) in [7, 11) is 2.13. The predicted octanol–water partition coefficient (Wildman–Crippen LogP) is 2.30. The number of nitrogens with zero attached hydrogens (tertiary/aromatic N) is 1. The normalized spacial score (nSPS) is 10.3. The maximum absolute atomic E-state index is 5.62. The maximum atomic E-state index is 5.62. The molecule has 1 aromatic carbocycles. The highest BCUT2D eigenvalue weighted by Crippen LogP contribution is 2.17. The number of nitrogens with two attached hydrogens (primary N) is 1. The van der Waals surface area contributed by atoms with Gasteiger partial charge in [0.1, 0.15) is 0 Å². The van der Waals surface area contributed by atoms with Crippen LogP contribution >= 0.6 is 0 Å². The maximum Gasteiger partial charge on any atom is 0.0366 e. The third-order valence-electron chi connectivity index (χ3n) is 2.55. The first-order valence-corrected chi connectivity index (χ1v) is 5.19. The van der Waals surface area contributed by atoms with Crippen molar-refractivity contribution in [3.05, 3.63) is 29.3 Å². The third kappa shape index (κ3) is 2.48. The molecule has 0 aliphatic heterocycles. The summed E-state index contributed by atoms with van der Waals surface area (Å²) in [5.74, 6) is 0. The quantitative estimate of drug-likeness (QED) is 0.793. The van der Waals surface area contributed by atoms with Crippen LogP contribution in [-0.4, -0.2) is 13.6 Å². The summed E-state index contributed by atoms with van der Waals surface area (Å²) in [6, 6.07) is 6.47. The zero-order chi connectivity index (χ0) is 10.6. The van der Waals surface area contributed by atoms with Crippen LogP contribution in [0.15, 0.2) is 18.2 Å². The van der Waals surface area contributed by atoms with Crippen LogP contribution < -0.4 is 10.6 Å². The fraction of sp³-hybridized carbons (Fsp3) is 0.500. The Balaban J connectivity index is 2.85. The lowest BCUT2D eigenvalue weighted by atomic mass is 10.1.